The van der Waals surface area contributed by atoms with E-state index in [0.717, 1.165) is 30.8 Å². The first-order chi connectivity index (χ1) is 9.59. The van der Waals surface area contributed by atoms with E-state index in [1.54, 1.807) is 0 Å². The molecule has 3 N–H and O–H groups in total. The van der Waals surface area contributed by atoms with Crippen LogP contribution in [0, 0.1) is 0 Å². The van der Waals surface area contributed by atoms with Crippen LogP contribution < -0.4 is 10.5 Å². The van der Waals surface area contributed by atoms with Gasteiger partial charge in [-0.05, 0) is 37.1 Å². The molecule has 1 heterocycles. The SMILES string of the molecule is NCc1ccc(CS(=O)(=O)NCCN2CCCC2)cc1. The largest absolute Gasteiger partial charge is 0.326 e. The second kappa shape index (κ2) is 7.17. The Bertz CT molecular complexity index is 508. The highest BCUT2D eigenvalue weighted by Crippen LogP contribution is 2.08. The molecule has 1 aliphatic heterocycles. The summed E-state index contributed by atoms with van der Waals surface area (Å²) in [5, 5.41) is 0. The molecule has 1 aromatic rings. The van der Waals surface area contributed by atoms with Crippen molar-refractivity contribution in [1.29, 1.82) is 0 Å². The van der Waals surface area contributed by atoms with E-state index in [1.165, 1.54) is 12.8 Å². The highest BCUT2D eigenvalue weighted by molar-refractivity contribution is 7.88. The van der Waals surface area contributed by atoms with Crippen molar-refractivity contribution in [1.82, 2.24) is 9.62 Å². The molecule has 0 spiro atoms. The maximum atomic E-state index is 12.0. The Labute approximate surface area is 121 Å². The van der Waals surface area contributed by atoms with E-state index in [4.69, 9.17) is 5.73 Å². The monoisotopic (exact) mass is 297 g/mol. The fourth-order valence-corrected chi connectivity index (χ4v) is 3.54. The van der Waals surface area contributed by atoms with Gasteiger partial charge in [0.2, 0.25) is 10.0 Å². The van der Waals surface area contributed by atoms with E-state index in [1.807, 2.05) is 24.3 Å². The van der Waals surface area contributed by atoms with Gasteiger partial charge in [0.05, 0.1) is 5.75 Å². The Kier molecular flexibility index (Phi) is 5.54. The Morgan fingerprint density at radius 1 is 1.10 bits per heavy atom. The number of benzene rings is 1. The zero-order valence-corrected chi connectivity index (χ0v) is 12.5. The molecule has 0 aromatic heterocycles. The van der Waals surface area contributed by atoms with E-state index < -0.39 is 10.0 Å². The first-order valence-corrected chi connectivity index (χ1v) is 8.72. The van der Waals surface area contributed by atoms with E-state index in [-0.39, 0.29) is 5.75 Å². The molecule has 1 aromatic carbocycles. The molecule has 0 saturated carbocycles. The van der Waals surface area contributed by atoms with Gasteiger partial charge in [0.15, 0.2) is 0 Å². The summed E-state index contributed by atoms with van der Waals surface area (Å²) in [6, 6.07) is 7.38. The summed E-state index contributed by atoms with van der Waals surface area (Å²) in [6.07, 6.45) is 2.44. The van der Waals surface area contributed by atoms with Crippen LogP contribution in [0.3, 0.4) is 0 Å². The van der Waals surface area contributed by atoms with Crippen LogP contribution in [0.25, 0.3) is 0 Å². The lowest BCUT2D eigenvalue weighted by atomic mass is 10.1. The smallest absolute Gasteiger partial charge is 0.215 e. The Hall–Kier alpha value is -0.950. The molecule has 0 aliphatic carbocycles. The second-order valence-corrected chi connectivity index (χ2v) is 7.03. The van der Waals surface area contributed by atoms with Gasteiger partial charge >= 0.3 is 0 Å². The number of nitrogens with two attached hydrogens (primary N) is 1. The minimum atomic E-state index is -3.25. The summed E-state index contributed by atoms with van der Waals surface area (Å²) < 4.78 is 26.6. The lowest BCUT2D eigenvalue weighted by Gasteiger charge is -2.14. The van der Waals surface area contributed by atoms with Gasteiger partial charge in [-0.1, -0.05) is 24.3 Å². The van der Waals surface area contributed by atoms with Crippen molar-refractivity contribution >= 4 is 10.0 Å². The fourth-order valence-electron chi connectivity index (χ4n) is 2.41. The number of hydrogen-bond donors (Lipinski definition) is 2. The van der Waals surface area contributed by atoms with Crippen LogP contribution in [0.15, 0.2) is 24.3 Å². The van der Waals surface area contributed by atoms with Crippen LogP contribution in [0.5, 0.6) is 0 Å². The third-order valence-electron chi connectivity index (χ3n) is 3.56. The number of nitrogens with one attached hydrogen (secondary N) is 1. The van der Waals surface area contributed by atoms with Crippen LogP contribution in [-0.4, -0.2) is 39.5 Å². The predicted molar refractivity (Wildman–Crippen MR) is 80.6 cm³/mol. The Morgan fingerprint density at radius 2 is 1.70 bits per heavy atom. The van der Waals surface area contributed by atoms with Crippen molar-refractivity contribution in [2.24, 2.45) is 5.73 Å². The van der Waals surface area contributed by atoms with Gasteiger partial charge in [0.25, 0.3) is 0 Å². The van der Waals surface area contributed by atoms with Crippen LogP contribution in [0.2, 0.25) is 0 Å². The van der Waals surface area contributed by atoms with Gasteiger partial charge in [-0.15, -0.1) is 0 Å². The molecule has 0 amide bonds. The standard InChI is InChI=1S/C14H23N3O2S/c15-11-13-3-5-14(6-4-13)12-20(18,19)16-7-10-17-8-1-2-9-17/h3-6,16H,1-2,7-12,15H2. The number of likely N-dealkylation sites (tertiary alicyclic amines) is 1. The summed E-state index contributed by atoms with van der Waals surface area (Å²) >= 11 is 0. The molecule has 0 radical (unpaired) electrons. The van der Waals surface area contributed by atoms with Crippen molar-refractivity contribution in [2.75, 3.05) is 26.2 Å². The summed E-state index contributed by atoms with van der Waals surface area (Å²) in [7, 11) is -3.25. The van der Waals surface area contributed by atoms with Crippen molar-refractivity contribution in [3.8, 4) is 0 Å². The van der Waals surface area contributed by atoms with Gasteiger partial charge in [0.1, 0.15) is 0 Å². The molecule has 0 atom stereocenters. The van der Waals surface area contributed by atoms with Gasteiger partial charge in [-0.25, -0.2) is 13.1 Å². The third-order valence-corrected chi connectivity index (χ3v) is 4.92. The highest BCUT2D eigenvalue weighted by atomic mass is 32.2. The van der Waals surface area contributed by atoms with Crippen LogP contribution in [-0.2, 0) is 22.3 Å². The van der Waals surface area contributed by atoms with Crippen molar-refractivity contribution < 1.29 is 8.42 Å². The normalized spacial score (nSPS) is 16.6. The van der Waals surface area contributed by atoms with E-state index in [2.05, 4.69) is 9.62 Å². The van der Waals surface area contributed by atoms with Crippen LogP contribution in [0.4, 0.5) is 0 Å². The molecule has 6 heteroatoms. The molecular formula is C14H23N3O2S. The van der Waals surface area contributed by atoms with Gasteiger partial charge in [-0.2, -0.15) is 0 Å². The minimum absolute atomic E-state index is 0.0256. The molecule has 0 unspecified atom stereocenters. The van der Waals surface area contributed by atoms with E-state index >= 15 is 0 Å². The van der Waals surface area contributed by atoms with E-state index in [9.17, 15) is 8.42 Å². The number of sulfonamides is 1. The Morgan fingerprint density at radius 3 is 2.30 bits per heavy atom. The minimum Gasteiger partial charge on any atom is -0.326 e. The van der Waals surface area contributed by atoms with Gasteiger partial charge in [-0.3, -0.25) is 0 Å². The number of rotatable bonds is 7. The molecule has 0 bridgehead atoms. The zero-order valence-electron chi connectivity index (χ0n) is 11.7. The van der Waals surface area contributed by atoms with Gasteiger partial charge < -0.3 is 10.6 Å². The molecule has 1 saturated heterocycles. The van der Waals surface area contributed by atoms with Crippen molar-refractivity contribution in [2.45, 2.75) is 25.1 Å². The summed E-state index contributed by atoms with van der Waals surface area (Å²) in [4.78, 5) is 2.29. The van der Waals surface area contributed by atoms with Crippen LogP contribution in [0.1, 0.15) is 24.0 Å². The van der Waals surface area contributed by atoms with Crippen molar-refractivity contribution in [3.05, 3.63) is 35.4 Å². The lowest BCUT2D eigenvalue weighted by Crippen LogP contribution is -2.34. The zero-order chi connectivity index (χ0) is 14.4. The summed E-state index contributed by atoms with van der Waals surface area (Å²) in [5.41, 5.74) is 7.31. The first kappa shape index (κ1) is 15.4. The molecular weight excluding hydrogens is 274 g/mol. The molecule has 2 rings (SSSR count). The summed E-state index contributed by atoms with van der Waals surface area (Å²) in [5.74, 6) is 0.0256. The molecule has 20 heavy (non-hydrogen) atoms. The molecule has 5 nitrogen and oxygen atoms in total. The summed E-state index contributed by atoms with van der Waals surface area (Å²) in [6.45, 7) is 3.93. The van der Waals surface area contributed by atoms with Crippen LogP contribution >= 0.6 is 0 Å². The Balaban J connectivity index is 1.79. The maximum Gasteiger partial charge on any atom is 0.215 e. The third kappa shape index (κ3) is 4.86. The molecule has 112 valence electrons. The second-order valence-electron chi connectivity index (χ2n) is 5.22. The molecule has 1 fully saturated rings. The topological polar surface area (TPSA) is 75.4 Å². The van der Waals surface area contributed by atoms with Crippen molar-refractivity contribution in [3.63, 3.8) is 0 Å². The van der Waals surface area contributed by atoms with E-state index in [0.29, 0.717) is 13.1 Å². The average Bonchev–Trinajstić information content (AvgIpc) is 2.92. The quantitative estimate of drug-likeness (QED) is 0.775. The average molecular weight is 297 g/mol. The lowest BCUT2D eigenvalue weighted by molar-refractivity contribution is 0.344. The number of hydrogen-bond acceptors (Lipinski definition) is 4. The number of nitrogens with zero attached hydrogens (tertiary/aromatic N) is 1. The highest BCUT2D eigenvalue weighted by Gasteiger charge is 2.14. The molecule has 1 aliphatic rings. The predicted octanol–water partition coefficient (Wildman–Crippen LogP) is 0.660. The fraction of sp³-hybridized carbons (Fsp3) is 0.571. The maximum absolute atomic E-state index is 12.0. The first-order valence-electron chi connectivity index (χ1n) is 7.07. The van der Waals surface area contributed by atoms with Gasteiger partial charge in [0, 0.05) is 19.6 Å².